The largest absolute Gasteiger partial charge is 0.429 e. The SMILES string of the molecule is C=Cc1ccc(C(=O)OC(F)(F)CF)cc1. The Hall–Kier alpha value is -1.78. The molecule has 1 aromatic rings. The number of benzene rings is 1. The van der Waals surface area contributed by atoms with Crippen molar-refractivity contribution in [3.63, 3.8) is 0 Å². The first kappa shape index (κ1) is 12.3. The molecule has 0 atom stereocenters. The van der Waals surface area contributed by atoms with Crippen LogP contribution >= 0.6 is 0 Å². The molecule has 2 nitrogen and oxygen atoms in total. The van der Waals surface area contributed by atoms with Crippen LogP contribution in [0.5, 0.6) is 0 Å². The van der Waals surface area contributed by atoms with E-state index in [4.69, 9.17) is 0 Å². The second kappa shape index (κ2) is 4.83. The summed E-state index contributed by atoms with van der Waals surface area (Å²) in [5, 5.41) is 0. The molecule has 0 saturated heterocycles. The van der Waals surface area contributed by atoms with Crippen LogP contribution in [-0.4, -0.2) is 18.8 Å². The Morgan fingerprint density at radius 1 is 1.38 bits per heavy atom. The minimum Gasteiger partial charge on any atom is -0.395 e. The molecule has 0 unspecified atom stereocenters. The number of esters is 1. The van der Waals surface area contributed by atoms with Gasteiger partial charge in [0.15, 0.2) is 6.67 Å². The maximum atomic E-state index is 12.4. The van der Waals surface area contributed by atoms with E-state index < -0.39 is 18.8 Å². The van der Waals surface area contributed by atoms with E-state index in [9.17, 15) is 18.0 Å². The van der Waals surface area contributed by atoms with Crippen molar-refractivity contribution in [2.75, 3.05) is 6.67 Å². The van der Waals surface area contributed by atoms with Gasteiger partial charge in [0, 0.05) is 0 Å². The van der Waals surface area contributed by atoms with Crippen LogP contribution in [0.1, 0.15) is 15.9 Å². The first-order valence-corrected chi connectivity index (χ1v) is 4.38. The molecule has 16 heavy (non-hydrogen) atoms. The fraction of sp³-hybridized carbons (Fsp3) is 0.182. The van der Waals surface area contributed by atoms with E-state index >= 15 is 0 Å². The molecular formula is C11H9F3O2. The maximum absolute atomic E-state index is 12.4. The van der Waals surface area contributed by atoms with Gasteiger partial charge in [0.1, 0.15) is 0 Å². The molecule has 0 aromatic heterocycles. The summed E-state index contributed by atoms with van der Waals surface area (Å²) in [7, 11) is 0. The first-order chi connectivity index (χ1) is 7.48. The number of ether oxygens (including phenoxy) is 1. The molecule has 0 heterocycles. The zero-order valence-electron chi connectivity index (χ0n) is 8.25. The highest BCUT2D eigenvalue weighted by atomic mass is 19.3. The minimum absolute atomic E-state index is 0.0706. The van der Waals surface area contributed by atoms with Crippen LogP contribution in [0.2, 0.25) is 0 Å². The molecule has 1 rings (SSSR count). The topological polar surface area (TPSA) is 26.3 Å². The average molecular weight is 230 g/mol. The predicted molar refractivity (Wildman–Crippen MR) is 52.9 cm³/mol. The van der Waals surface area contributed by atoms with E-state index in [1.54, 1.807) is 0 Å². The predicted octanol–water partition coefficient (Wildman–Crippen LogP) is 3.05. The lowest BCUT2D eigenvalue weighted by atomic mass is 10.1. The third-order valence-electron chi connectivity index (χ3n) is 1.78. The maximum Gasteiger partial charge on any atom is 0.429 e. The Morgan fingerprint density at radius 2 is 1.94 bits per heavy atom. The van der Waals surface area contributed by atoms with E-state index in [0.29, 0.717) is 0 Å². The van der Waals surface area contributed by atoms with Crippen LogP contribution in [0, 0.1) is 0 Å². The molecule has 86 valence electrons. The van der Waals surface area contributed by atoms with E-state index in [0.717, 1.165) is 5.56 Å². The zero-order chi connectivity index (χ0) is 12.2. The Morgan fingerprint density at radius 3 is 2.38 bits per heavy atom. The zero-order valence-corrected chi connectivity index (χ0v) is 8.25. The van der Waals surface area contributed by atoms with E-state index in [1.807, 2.05) is 0 Å². The molecular weight excluding hydrogens is 221 g/mol. The van der Waals surface area contributed by atoms with Crippen LogP contribution in [0.25, 0.3) is 6.08 Å². The lowest BCUT2D eigenvalue weighted by Crippen LogP contribution is -2.27. The van der Waals surface area contributed by atoms with Gasteiger partial charge in [0.2, 0.25) is 0 Å². The molecule has 1 aromatic carbocycles. The van der Waals surface area contributed by atoms with E-state index in [-0.39, 0.29) is 5.56 Å². The third kappa shape index (κ3) is 3.12. The van der Waals surface area contributed by atoms with Gasteiger partial charge >= 0.3 is 12.1 Å². The van der Waals surface area contributed by atoms with Gasteiger partial charge in [0.25, 0.3) is 0 Å². The van der Waals surface area contributed by atoms with Gasteiger partial charge in [-0.2, -0.15) is 8.78 Å². The van der Waals surface area contributed by atoms with Crippen LogP contribution < -0.4 is 0 Å². The summed E-state index contributed by atoms with van der Waals surface area (Å²) in [5.41, 5.74) is 0.660. The number of halogens is 3. The lowest BCUT2D eigenvalue weighted by Gasteiger charge is -2.12. The summed E-state index contributed by atoms with van der Waals surface area (Å²) in [5.74, 6) is -1.27. The highest BCUT2D eigenvalue weighted by molar-refractivity contribution is 5.89. The van der Waals surface area contributed by atoms with Crippen LogP contribution in [0.15, 0.2) is 30.8 Å². The first-order valence-electron chi connectivity index (χ1n) is 4.38. The molecule has 0 aliphatic carbocycles. The molecule has 0 bridgehead atoms. The van der Waals surface area contributed by atoms with Crippen molar-refractivity contribution in [1.82, 2.24) is 0 Å². The molecule has 0 amide bonds. The number of carbonyl (C=O) groups excluding carboxylic acids is 1. The smallest absolute Gasteiger partial charge is 0.395 e. The number of alkyl halides is 3. The lowest BCUT2D eigenvalue weighted by molar-refractivity contribution is -0.209. The molecule has 0 aliphatic heterocycles. The average Bonchev–Trinajstić information content (AvgIpc) is 2.28. The van der Waals surface area contributed by atoms with Crippen molar-refractivity contribution < 1.29 is 22.7 Å². The highest BCUT2D eigenvalue weighted by Gasteiger charge is 2.34. The van der Waals surface area contributed by atoms with Gasteiger partial charge in [-0.15, -0.1) is 0 Å². The molecule has 0 saturated carbocycles. The molecule has 0 radical (unpaired) electrons. The summed E-state index contributed by atoms with van der Waals surface area (Å²) in [6, 6.07) is 5.62. The van der Waals surface area contributed by atoms with Gasteiger partial charge in [-0.1, -0.05) is 24.8 Å². The summed E-state index contributed by atoms with van der Waals surface area (Å²) >= 11 is 0. The van der Waals surface area contributed by atoms with Crippen molar-refractivity contribution in [2.45, 2.75) is 6.11 Å². The monoisotopic (exact) mass is 230 g/mol. The Bertz CT molecular complexity index is 385. The number of hydrogen-bond donors (Lipinski definition) is 0. The van der Waals surface area contributed by atoms with Crippen molar-refractivity contribution >= 4 is 12.0 Å². The Labute approximate surface area is 90.3 Å². The van der Waals surface area contributed by atoms with Gasteiger partial charge < -0.3 is 4.74 Å². The molecule has 0 aliphatic rings. The second-order valence-electron chi connectivity index (χ2n) is 2.99. The van der Waals surface area contributed by atoms with Crippen molar-refractivity contribution in [3.05, 3.63) is 42.0 Å². The summed E-state index contributed by atoms with van der Waals surface area (Å²) in [4.78, 5) is 11.1. The summed E-state index contributed by atoms with van der Waals surface area (Å²) < 4.78 is 40.2. The fourth-order valence-electron chi connectivity index (χ4n) is 0.977. The number of rotatable bonds is 4. The normalized spacial score (nSPS) is 10.9. The van der Waals surface area contributed by atoms with Crippen molar-refractivity contribution in [1.29, 1.82) is 0 Å². The van der Waals surface area contributed by atoms with Gasteiger partial charge in [0.05, 0.1) is 5.56 Å². The highest BCUT2D eigenvalue weighted by Crippen LogP contribution is 2.18. The molecule has 0 fully saturated rings. The second-order valence-corrected chi connectivity index (χ2v) is 2.99. The van der Waals surface area contributed by atoms with Crippen molar-refractivity contribution in [3.8, 4) is 0 Å². The van der Waals surface area contributed by atoms with E-state index in [1.165, 1.54) is 30.3 Å². The van der Waals surface area contributed by atoms with Gasteiger partial charge in [-0.25, -0.2) is 9.18 Å². The fourth-order valence-corrected chi connectivity index (χ4v) is 0.977. The third-order valence-corrected chi connectivity index (χ3v) is 1.78. The minimum atomic E-state index is -4.08. The molecule has 0 N–H and O–H groups in total. The van der Waals surface area contributed by atoms with Crippen LogP contribution in [-0.2, 0) is 4.74 Å². The van der Waals surface area contributed by atoms with Gasteiger partial charge in [-0.05, 0) is 17.7 Å². The summed E-state index contributed by atoms with van der Waals surface area (Å²) in [6.07, 6.45) is -2.54. The van der Waals surface area contributed by atoms with E-state index in [2.05, 4.69) is 11.3 Å². The van der Waals surface area contributed by atoms with Crippen LogP contribution in [0.4, 0.5) is 13.2 Å². The number of carbonyl (C=O) groups is 1. The number of hydrogen-bond acceptors (Lipinski definition) is 2. The Balaban J connectivity index is 2.77. The quantitative estimate of drug-likeness (QED) is 0.743. The Kier molecular flexibility index (Phi) is 3.71. The van der Waals surface area contributed by atoms with Gasteiger partial charge in [-0.3, -0.25) is 0 Å². The molecule has 0 spiro atoms. The summed E-state index contributed by atoms with van der Waals surface area (Å²) in [6.45, 7) is 1.45. The van der Waals surface area contributed by atoms with Crippen molar-refractivity contribution in [2.24, 2.45) is 0 Å². The standard InChI is InChI=1S/C11H9F3O2/c1-2-8-3-5-9(6-4-8)10(15)16-11(13,14)7-12/h2-6H,1,7H2. The molecule has 5 heteroatoms. The van der Waals surface area contributed by atoms with Crippen LogP contribution in [0.3, 0.4) is 0 Å².